The Balaban J connectivity index is 3.37. The number of ether oxygens (including phenoxy) is 2. The maximum atomic E-state index is 12.2. The standard InChI is InChI=1S/C9H10F3N3O3/c1-17-8(16)7-4(3-13)15-6(14)2-5(7)18-9(10,11)12/h2H,3,13H2,1H3,(H2,14,15). The molecule has 1 aromatic heterocycles. The normalized spacial score (nSPS) is 11.2. The second-order valence-electron chi connectivity index (χ2n) is 3.11. The molecule has 0 atom stereocenters. The van der Waals surface area contributed by atoms with E-state index in [2.05, 4.69) is 14.5 Å². The zero-order valence-corrected chi connectivity index (χ0v) is 9.25. The van der Waals surface area contributed by atoms with Gasteiger partial charge in [-0.15, -0.1) is 13.2 Å². The molecular formula is C9H10F3N3O3. The Morgan fingerprint density at radius 3 is 2.56 bits per heavy atom. The predicted molar refractivity (Wildman–Crippen MR) is 54.6 cm³/mol. The Bertz CT molecular complexity index is 462. The summed E-state index contributed by atoms with van der Waals surface area (Å²) in [7, 11) is 1.01. The molecule has 1 heterocycles. The Morgan fingerprint density at radius 2 is 2.11 bits per heavy atom. The van der Waals surface area contributed by atoms with Gasteiger partial charge >= 0.3 is 12.3 Å². The first kappa shape index (κ1) is 14.0. The summed E-state index contributed by atoms with van der Waals surface area (Å²) in [6.45, 7) is -0.288. The molecule has 100 valence electrons. The largest absolute Gasteiger partial charge is 0.573 e. The zero-order valence-electron chi connectivity index (χ0n) is 9.25. The average Bonchev–Trinajstić information content (AvgIpc) is 2.25. The summed E-state index contributed by atoms with van der Waals surface area (Å²) in [5.74, 6) is -2.08. The molecule has 18 heavy (non-hydrogen) atoms. The van der Waals surface area contributed by atoms with Gasteiger partial charge in [0.25, 0.3) is 0 Å². The first-order chi connectivity index (χ1) is 8.28. The van der Waals surface area contributed by atoms with Gasteiger partial charge in [-0.2, -0.15) is 0 Å². The summed E-state index contributed by atoms with van der Waals surface area (Å²) < 4.78 is 44.6. The number of carbonyl (C=O) groups excluding carboxylic acids is 1. The molecule has 0 fully saturated rings. The zero-order chi connectivity index (χ0) is 13.9. The third-order valence-corrected chi connectivity index (χ3v) is 1.89. The van der Waals surface area contributed by atoms with Gasteiger partial charge in [0.15, 0.2) is 0 Å². The Hall–Kier alpha value is -2.03. The van der Waals surface area contributed by atoms with Crippen molar-refractivity contribution in [2.24, 2.45) is 5.73 Å². The molecule has 1 rings (SSSR count). The van der Waals surface area contributed by atoms with Crippen molar-refractivity contribution in [3.63, 3.8) is 0 Å². The molecule has 0 unspecified atom stereocenters. The van der Waals surface area contributed by atoms with Gasteiger partial charge in [0.2, 0.25) is 0 Å². The van der Waals surface area contributed by atoms with E-state index in [1.165, 1.54) is 0 Å². The van der Waals surface area contributed by atoms with E-state index in [-0.39, 0.29) is 18.1 Å². The summed E-state index contributed by atoms with van der Waals surface area (Å²) in [6.07, 6.45) is -4.97. The second kappa shape index (κ2) is 5.08. The van der Waals surface area contributed by atoms with Gasteiger partial charge in [-0.3, -0.25) is 0 Å². The van der Waals surface area contributed by atoms with Gasteiger partial charge in [-0.1, -0.05) is 0 Å². The number of esters is 1. The summed E-state index contributed by atoms with van der Waals surface area (Å²) in [4.78, 5) is 15.1. The quantitative estimate of drug-likeness (QED) is 0.784. The number of pyridine rings is 1. The molecule has 0 aliphatic rings. The molecule has 1 aromatic rings. The number of carbonyl (C=O) groups is 1. The number of hydrogen-bond acceptors (Lipinski definition) is 6. The lowest BCUT2D eigenvalue weighted by molar-refractivity contribution is -0.274. The molecule has 9 heteroatoms. The molecule has 0 aromatic carbocycles. The van der Waals surface area contributed by atoms with Crippen LogP contribution in [0.4, 0.5) is 19.0 Å². The summed E-state index contributed by atoms with van der Waals surface area (Å²) >= 11 is 0. The third-order valence-electron chi connectivity index (χ3n) is 1.89. The number of alkyl halides is 3. The number of hydrogen-bond donors (Lipinski definition) is 2. The lowest BCUT2D eigenvalue weighted by atomic mass is 10.1. The molecular weight excluding hydrogens is 255 g/mol. The number of anilines is 1. The van der Waals surface area contributed by atoms with Crippen molar-refractivity contribution in [2.45, 2.75) is 12.9 Å². The van der Waals surface area contributed by atoms with Crippen LogP contribution in [0.2, 0.25) is 0 Å². The van der Waals surface area contributed by atoms with E-state index in [0.29, 0.717) is 0 Å². The highest BCUT2D eigenvalue weighted by atomic mass is 19.4. The monoisotopic (exact) mass is 265 g/mol. The van der Waals surface area contributed by atoms with Crippen LogP contribution >= 0.6 is 0 Å². The smallest absolute Gasteiger partial charge is 0.465 e. The molecule has 0 aliphatic carbocycles. The van der Waals surface area contributed by atoms with E-state index in [9.17, 15) is 18.0 Å². The van der Waals surface area contributed by atoms with E-state index < -0.39 is 23.6 Å². The van der Waals surface area contributed by atoms with E-state index >= 15 is 0 Å². The van der Waals surface area contributed by atoms with Crippen LogP contribution in [-0.4, -0.2) is 24.4 Å². The SMILES string of the molecule is COC(=O)c1c(OC(F)(F)F)cc(N)nc1CN. The fourth-order valence-corrected chi connectivity index (χ4v) is 1.27. The van der Waals surface area contributed by atoms with Crippen molar-refractivity contribution < 1.29 is 27.4 Å². The Kier molecular flexibility index (Phi) is 3.96. The van der Waals surface area contributed by atoms with E-state index in [0.717, 1.165) is 13.2 Å². The van der Waals surface area contributed by atoms with Crippen LogP contribution in [0.5, 0.6) is 5.75 Å². The van der Waals surface area contributed by atoms with Crippen LogP contribution < -0.4 is 16.2 Å². The van der Waals surface area contributed by atoms with Crippen molar-refractivity contribution >= 4 is 11.8 Å². The van der Waals surface area contributed by atoms with Gasteiger partial charge in [0.05, 0.1) is 12.8 Å². The number of rotatable bonds is 3. The van der Waals surface area contributed by atoms with Crippen LogP contribution in [0, 0.1) is 0 Å². The van der Waals surface area contributed by atoms with Crippen LogP contribution in [0.3, 0.4) is 0 Å². The number of nitrogens with two attached hydrogens (primary N) is 2. The van der Waals surface area contributed by atoms with Crippen LogP contribution in [0.15, 0.2) is 6.07 Å². The van der Waals surface area contributed by atoms with Crippen molar-refractivity contribution in [1.82, 2.24) is 4.98 Å². The molecule has 0 spiro atoms. The first-order valence-corrected chi connectivity index (χ1v) is 4.62. The Labute approximate surface area is 99.7 Å². The summed E-state index contributed by atoms with van der Waals surface area (Å²) in [6, 6.07) is 0.777. The third kappa shape index (κ3) is 3.23. The minimum atomic E-state index is -4.97. The number of aromatic nitrogens is 1. The molecule has 4 N–H and O–H groups in total. The van der Waals surface area contributed by atoms with Crippen molar-refractivity contribution in [3.05, 3.63) is 17.3 Å². The summed E-state index contributed by atoms with van der Waals surface area (Å²) in [5.41, 5.74) is 9.95. The van der Waals surface area contributed by atoms with Crippen molar-refractivity contribution in [3.8, 4) is 5.75 Å². The van der Waals surface area contributed by atoms with Gasteiger partial charge in [0, 0.05) is 12.6 Å². The van der Waals surface area contributed by atoms with Gasteiger partial charge in [-0.25, -0.2) is 9.78 Å². The maximum Gasteiger partial charge on any atom is 0.573 e. The average molecular weight is 265 g/mol. The highest BCUT2D eigenvalue weighted by molar-refractivity contribution is 5.94. The maximum absolute atomic E-state index is 12.2. The van der Waals surface area contributed by atoms with E-state index in [1.54, 1.807) is 0 Å². The highest BCUT2D eigenvalue weighted by Crippen LogP contribution is 2.30. The van der Waals surface area contributed by atoms with Crippen LogP contribution in [0.1, 0.15) is 16.1 Å². The molecule has 0 saturated carbocycles. The predicted octanol–water partition coefficient (Wildman–Crippen LogP) is 0.808. The Morgan fingerprint density at radius 1 is 1.50 bits per heavy atom. The first-order valence-electron chi connectivity index (χ1n) is 4.62. The molecule has 0 bridgehead atoms. The number of nitrogens with zero attached hydrogens (tertiary/aromatic N) is 1. The van der Waals surface area contributed by atoms with E-state index in [4.69, 9.17) is 11.5 Å². The van der Waals surface area contributed by atoms with Crippen molar-refractivity contribution in [1.29, 1.82) is 0 Å². The molecule has 0 aliphatic heterocycles. The van der Waals surface area contributed by atoms with Crippen LogP contribution in [0.25, 0.3) is 0 Å². The topological polar surface area (TPSA) is 100 Å². The van der Waals surface area contributed by atoms with Crippen molar-refractivity contribution in [2.75, 3.05) is 12.8 Å². The van der Waals surface area contributed by atoms with Gasteiger partial charge < -0.3 is 20.9 Å². The number of nitrogen functional groups attached to an aromatic ring is 1. The fourth-order valence-electron chi connectivity index (χ4n) is 1.27. The lowest BCUT2D eigenvalue weighted by Gasteiger charge is -2.14. The number of halogens is 3. The van der Waals surface area contributed by atoms with Gasteiger partial charge in [-0.05, 0) is 0 Å². The molecule has 0 amide bonds. The molecule has 0 saturated heterocycles. The second-order valence-corrected chi connectivity index (χ2v) is 3.11. The lowest BCUT2D eigenvalue weighted by Crippen LogP contribution is -2.21. The highest BCUT2D eigenvalue weighted by Gasteiger charge is 2.34. The summed E-state index contributed by atoms with van der Waals surface area (Å²) in [5, 5.41) is 0. The minimum Gasteiger partial charge on any atom is -0.465 e. The number of methoxy groups -OCH3 is 1. The molecule has 6 nitrogen and oxygen atoms in total. The molecule has 0 radical (unpaired) electrons. The fraction of sp³-hybridized carbons (Fsp3) is 0.333. The van der Waals surface area contributed by atoms with E-state index in [1.807, 2.05) is 0 Å². The minimum absolute atomic E-state index is 0.138. The van der Waals surface area contributed by atoms with Crippen LogP contribution in [-0.2, 0) is 11.3 Å². The van der Waals surface area contributed by atoms with Gasteiger partial charge in [0.1, 0.15) is 17.1 Å².